The summed E-state index contributed by atoms with van der Waals surface area (Å²) in [6.07, 6.45) is 2.68. The van der Waals surface area contributed by atoms with E-state index in [0.29, 0.717) is 11.2 Å². The van der Waals surface area contributed by atoms with Gasteiger partial charge < -0.3 is 10.7 Å². The Kier molecular flexibility index (Phi) is 2.92. The smallest absolute Gasteiger partial charge is 0.327 e. The topological polar surface area (TPSA) is 139 Å². The number of carbonyl (C=O) groups is 2. The lowest BCUT2D eigenvalue weighted by Gasteiger charge is -2.04. The molecule has 2 aromatic heterocycles. The fourth-order valence-electron chi connectivity index (χ4n) is 1.18. The van der Waals surface area contributed by atoms with Gasteiger partial charge in [-0.05, 0) is 0 Å². The molecule has 88 valence electrons. The maximum atomic E-state index is 11.4. The number of nitrogens with two attached hydrogens (primary N) is 1. The van der Waals surface area contributed by atoms with Crippen LogP contribution in [0.15, 0.2) is 12.7 Å². The fraction of sp³-hybridized carbons (Fsp3) is 0.125. The molecule has 0 saturated carbocycles. The van der Waals surface area contributed by atoms with Gasteiger partial charge in [-0.1, -0.05) is 0 Å². The second-order valence-electron chi connectivity index (χ2n) is 3.03. The first-order chi connectivity index (χ1) is 8.20. The summed E-state index contributed by atoms with van der Waals surface area (Å²) in [4.78, 5) is 36.6. The Morgan fingerprint density at radius 2 is 2.18 bits per heavy atom. The van der Waals surface area contributed by atoms with Crippen LogP contribution in [0.1, 0.15) is 0 Å². The van der Waals surface area contributed by atoms with Crippen LogP contribution in [-0.2, 0) is 4.79 Å². The lowest BCUT2D eigenvalue weighted by Crippen LogP contribution is -2.38. The standard InChI is InChI=1S/C8H9N7O2/c9-1-4(16)14-8(17)15-7-5-6(11-2-10-5)12-3-13-7/h2-3H,1,9H2,(H3,10,11,12,13,14,15,16,17). The molecule has 17 heavy (non-hydrogen) atoms. The molecule has 0 fully saturated rings. The Morgan fingerprint density at radius 3 is 2.94 bits per heavy atom. The van der Waals surface area contributed by atoms with Crippen molar-refractivity contribution in [3.05, 3.63) is 12.7 Å². The quantitative estimate of drug-likeness (QED) is 0.524. The lowest BCUT2D eigenvalue weighted by molar-refractivity contribution is -0.118. The predicted octanol–water partition coefficient (Wildman–Crippen LogP) is -1.04. The Hall–Kier alpha value is -2.55. The number of hydrogen-bond acceptors (Lipinski definition) is 6. The van der Waals surface area contributed by atoms with Gasteiger partial charge in [0.05, 0.1) is 12.9 Å². The highest BCUT2D eigenvalue weighted by Crippen LogP contribution is 2.13. The number of rotatable bonds is 2. The SMILES string of the molecule is NCC(=O)NC(=O)Nc1ncnc2nc[nH]c12. The van der Waals surface area contributed by atoms with E-state index in [1.165, 1.54) is 12.7 Å². The van der Waals surface area contributed by atoms with E-state index in [0.717, 1.165) is 0 Å². The zero-order valence-electron chi connectivity index (χ0n) is 8.60. The molecule has 2 heterocycles. The van der Waals surface area contributed by atoms with Crippen molar-refractivity contribution in [2.75, 3.05) is 11.9 Å². The van der Waals surface area contributed by atoms with Crippen LogP contribution in [0.25, 0.3) is 11.2 Å². The molecule has 9 heteroatoms. The van der Waals surface area contributed by atoms with E-state index < -0.39 is 11.9 Å². The molecule has 0 aliphatic heterocycles. The van der Waals surface area contributed by atoms with Gasteiger partial charge in [0.2, 0.25) is 5.91 Å². The number of hydrogen-bond donors (Lipinski definition) is 4. The summed E-state index contributed by atoms with van der Waals surface area (Å²) in [5, 5.41) is 4.41. The Labute approximate surface area is 94.8 Å². The van der Waals surface area contributed by atoms with Crippen molar-refractivity contribution in [2.45, 2.75) is 0 Å². The second-order valence-corrected chi connectivity index (χ2v) is 3.03. The number of nitrogens with zero attached hydrogens (tertiary/aromatic N) is 3. The average Bonchev–Trinajstić information content (AvgIpc) is 2.78. The summed E-state index contributed by atoms with van der Waals surface area (Å²) < 4.78 is 0. The van der Waals surface area contributed by atoms with Gasteiger partial charge in [0.25, 0.3) is 0 Å². The molecule has 0 spiro atoms. The number of nitrogens with one attached hydrogen (secondary N) is 3. The molecule has 2 aromatic rings. The average molecular weight is 235 g/mol. The number of amides is 3. The van der Waals surface area contributed by atoms with Gasteiger partial charge in [0, 0.05) is 0 Å². The van der Waals surface area contributed by atoms with Crippen molar-refractivity contribution >= 4 is 28.9 Å². The van der Waals surface area contributed by atoms with Crippen molar-refractivity contribution < 1.29 is 9.59 Å². The number of fused-ring (bicyclic) bond motifs is 1. The Balaban J connectivity index is 2.15. The van der Waals surface area contributed by atoms with E-state index in [4.69, 9.17) is 5.73 Å². The molecule has 0 aromatic carbocycles. The molecular formula is C8H9N7O2. The highest BCUT2D eigenvalue weighted by Gasteiger charge is 2.10. The second kappa shape index (κ2) is 4.53. The van der Waals surface area contributed by atoms with Crippen molar-refractivity contribution in [3.63, 3.8) is 0 Å². The maximum Gasteiger partial charge on any atom is 0.327 e. The fourth-order valence-corrected chi connectivity index (χ4v) is 1.18. The molecule has 0 atom stereocenters. The van der Waals surface area contributed by atoms with Gasteiger partial charge >= 0.3 is 6.03 Å². The normalized spacial score (nSPS) is 10.2. The molecular weight excluding hydrogens is 226 g/mol. The van der Waals surface area contributed by atoms with Gasteiger partial charge in [0.15, 0.2) is 11.5 Å². The van der Waals surface area contributed by atoms with Gasteiger partial charge in [-0.25, -0.2) is 19.7 Å². The molecule has 0 radical (unpaired) electrons. The summed E-state index contributed by atoms with van der Waals surface area (Å²) in [5.74, 6) is -0.354. The minimum absolute atomic E-state index is 0.231. The zero-order chi connectivity index (χ0) is 12.3. The highest BCUT2D eigenvalue weighted by molar-refractivity contribution is 6.03. The van der Waals surface area contributed by atoms with E-state index in [-0.39, 0.29) is 12.4 Å². The monoisotopic (exact) mass is 235 g/mol. The van der Waals surface area contributed by atoms with E-state index in [1.54, 1.807) is 0 Å². The van der Waals surface area contributed by atoms with Gasteiger partial charge in [-0.3, -0.25) is 15.4 Å². The maximum absolute atomic E-state index is 11.4. The molecule has 0 aliphatic carbocycles. The number of carbonyl (C=O) groups excluding carboxylic acids is 2. The van der Waals surface area contributed by atoms with Crippen LogP contribution >= 0.6 is 0 Å². The third kappa shape index (κ3) is 2.34. The molecule has 3 amide bonds. The number of aromatic amines is 1. The predicted molar refractivity (Wildman–Crippen MR) is 57.9 cm³/mol. The Bertz CT molecular complexity index is 564. The zero-order valence-corrected chi connectivity index (χ0v) is 8.60. The third-order valence-corrected chi connectivity index (χ3v) is 1.89. The number of anilines is 1. The van der Waals surface area contributed by atoms with E-state index in [2.05, 4.69) is 25.3 Å². The molecule has 0 bridgehead atoms. The first-order valence-corrected chi connectivity index (χ1v) is 4.65. The van der Waals surface area contributed by atoms with E-state index >= 15 is 0 Å². The molecule has 9 nitrogen and oxygen atoms in total. The first-order valence-electron chi connectivity index (χ1n) is 4.65. The van der Waals surface area contributed by atoms with Crippen LogP contribution in [0.5, 0.6) is 0 Å². The number of imide groups is 1. The summed E-state index contributed by atoms with van der Waals surface area (Å²) in [6.45, 7) is -0.267. The number of aromatic nitrogens is 4. The summed E-state index contributed by atoms with van der Waals surface area (Å²) >= 11 is 0. The summed E-state index contributed by atoms with van der Waals surface area (Å²) in [5.41, 5.74) is 5.95. The van der Waals surface area contributed by atoms with Crippen molar-refractivity contribution in [1.29, 1.82) is 0 Å². The summed E-state index contributed by atoms with van der Waals surface area (Å²) in [7, 11) is 0. The summed E-state index contributed by atoms with van der Waals surface area (Å²) in [6, 6.07) is -0.713. The number of imidazole rings is 1. The first kappa shape index (κ1) is 11.0. The molecule has 5 N–H and O–H groups in total. The van der Waals surface area contributed by atoms with Crippen molar-refractivity contribution in [3.8, 4) is 0 Å². The van der Waals surface area contributed by atoms with Gasteiger partial charge in [0.1, 0.15) is 11.8 Å². The van der Waals surface area contributed by atoms with Crippen molar-refractivity contribution in [1.82, 2.24) is 25.3 Å². The number of urea groups is 1. The van der Waals surface area contributed by atoms with Gasteiger partial charge in [-0.15, -0.1) is 0 Å². The Morgan fingerprint density at radius 1 is 1.35 bits per heavy atom. The molecule has 0 saturated heterocycles. The molecule has 0 aliphatic rings. The third-order valence-electron chi connectivity index (χ3n) is 1.89. The van der Waals surface area contributed by atoms with Crippen LogP contribution in [0.2, 0.25) is 0 Å². The van der Waals surface area contributed by atoms with E-state index in [1.807, 2.05) is 5.32 Å². The van der Waals surface area contributed by atoms with Crippen LogP contribution in [0.3, 0.4) is 0 Å². The minimum atomic E-state index is -0.713. The van der Waals surface area contributed by atoms with Crippen LogP contribution in [0, 0.1) is 0 Å². The lowest BCUT2D eigenvalue weighted by atomic mass is 10.5. The van der Waals surface area contributed by atoms with Crippen LogP contribution in [0.4, 0.5) is 10.6 Å². The van der Waals surface area contributed by atoms with Crippen LogP contribution in [-0.4, -0.2) is 38.4 Å². The largest absolute Gasteiger partial charge is 0.340 e. The molecule has 0 unspecified atom stereocenters. The number of H-pyrrole nitrogens is 1. The van der Waals surface area contributed by atoms with Gasteiger partial charge in [-0.2, -0.15) is 0 Å². The van der Waals surface area contributed by atoms with Crippen LogP contribution < -0.4 is 16.4 Å². The van der Waals surface area contributed by atoms with E-state index in [9.17, 15) is 9.59 Å². The molecule has 2 rings (SSSR count). The van der Waals surface area contributed by atoms with Crippen molar-refractivity contribution in [2.24, 2.45) is 5.73 Å². The minimum Gasteiger partial charge on any atom is -0.340 e. The highest BCUT2D eigenvalue weighted by atomic mass is 16.2.